The van der Waals surface area contributed by atoms with Gasteiger partial charge in [-0.3, -0.25) is 9.48 Å². The molecule has 162 valence electrons. The second kappa shape index (κ2) is 10.6. The van der Waals surface area contributed by atoms with E-state index in [1.807, 2.05) is 67.6 Å². The molecule has 1 heterocycles. The third kappa shape index (κ3) is 5.81. The van der Waals surface area contributed by atoms with E-state index in [-0.39, 0.29) is 18.6 Å². The van der Waals surface area contributed by atoms with Crippen molar-refractivity contribution in [3.8, 4) is 0 Å². The van der Waals surface area contributed by atoms with Crippen LogP contribution in [0.3, 0.4) is 0 Å². The molecule has 1 atom stereocenters. The lowest BCUT2D eigenvalue weighted by atomic mass is 10.0. The molecule has 0 aliphatic carbocycles. The van der Waals surface area contributed by atoms with Gasteiger partial charge in [-0.2, -0.15) is 5.10 Å². The van der Waals surface area contributed by atoms with Crippen LogP contribution >= 0.6 is 0 Å². The Balaban J connectivity index is 1.62. The van der Waals surface area contributed by atoms with Gasteiger partial charge in [0.25, 0.3) is 5.91 Å². The van der Waals surface area contributed by atoms with Crippen molar-refractivity contribution in [3.05, 3.63) is 88.7 Å². The van der Waals surface area contributed by atoms with E-state index < -0.39 is 5.97 Å². The quantitative estimate of drug-likeness (QED) is 0.523. The predicted molar refractivity (Wildman–Crippen MR) is 120 cm³/mol. The highest BCUT2D eigenvalue weighted by Gasteiger charge is 2.22. The molecule has 0 spiro atoms. The topological polar surface area (TPSA) is 73.2 Å². The van der Waals surface area contributed by atoms with Crippen LogP contribution < -0.4 is 5.32 Å². The van der Waals surface area contributed by atoms with E-state index in [9.17, 15) is 9.59 Å². The molecule has 0 fully saturated rings. The average molecular weight is 420 g/mol. The number of aryl methyl sites for hydroxylation is 1. The fourth-order valence-electron chi connectivity index (χ4n) is 3.64. The molecule has 0 saturated heterocycles. The van der Waals surface area contributed by atoms with E-state index in [1.54, 1.807) is 11.6 Å². The van der Waals surface area contributed by atoms with E-state index in [0.717, 1.165) is 29.7 Å². The van der Waals surface area contributed by atoms with Crippen LogP contribution in [0.1, 0.15) is 58.7 Å². The monoisotopic (exact) mass is 419 g/mol. The van der Waals surface area contributed by atoms with Gasteiger partial charge in [-0.25, -0.2) is 4.79 Å². The van der Waals surface area contributed by atoms with Gasteiger partial charge in [0, 0.05) is 0 Å². The molecule has 0 aliphatic heterocycles. The third-order valence-electron chi connectivity index (χ3n) is 5.21. The number of ether oxygens (including phenoxy) is 1. The number of rotatable bonds is 9. The van der Waals surface area contributed by atoms with Gasteiger partial charge in [0.2, 0.25) is 0 Å². The summed E-state index contributed by atoms with van der Waals surface area (Å²) >= 11 is 0. The second-order valence-corrected chi connectivity index (χ2v) is 7.58. The molecule has 6 heteroatoms. The zero-order valence-corrected chi connectivity index (χ0v) is 18.3. The zero-order chi connectivity index (χ0) is 22.2. The van der Waals surface area contributed by atoms with Crippen molar-refractivity contribution in [2.45, 2.75) is 46.2 Å². The van der Waals surface area contributed by atoms with Crippen molar-refractivity contribution in [3.63, 3.8) is 0 Å². The van der Waals surface area contributed by atoms with Gasteiger partial charge in [0.05, 0.1) is 24.0 Å². The number of hydrogen-bond acceptors (Lipinski definition) is 4. The molecule has 0 saturated carbocycles. The summed E-state index contributed by atoms with van der Waals surface area (Å²) in [6, 6.07) is 19.6. The van der Waals surface area contributed by atoms with Gasteiger partial charge >= 0.3 is 5.97 Å². The number of amides is 1. The van der Waals surface area contributed by atoms with Gasteiger partial charge in [0.1, 0.15) is 5.56 Å². The molecule has 1 amide bonds. The summed E-state index contributed by atoms with van der Waals surface area (Å²) in [5, 5.41) is 7.45. The van der Waals surface area contributed by atoms with E-state index in [4.69, 9.17) is 4.74 Å². The lowest BCUT2D eigenvalue weighted by Gasteiger charge is -2.18. The molecule has 1 N–H and O–H groups in total. The lowest BCUT2D eigenvalue weighted by molar-refractivity contribution is -0.125. The summed E-state index contributed by atoms with van der Waals surface area (Å²) in [5.41, 5.74) is 3.86. The lowest BCUT2D eigenvalue weighted by Crippen LogP contribution is -2.32. The van der Waals surface area contributed by atoms with Gasteiger partial charge < -0.3 is 10.1 Å². The summed E-state index contributed by atoms with van der Waals surface area (Å²) in [6.07, 6.45) is 1.74. The Kier molecular flexibility index (Phi) is 7.60. The Morgan fingerprint density at radius 1 is 1.03 bits per heavy atom. The van der Waals surface area contributed by atoms with Crippen molar-refractivity contribution in [2.24, 2.45) is 0 Å². The summed E-state index contributed by atoms with van der Waals surface area (Å²) in [7, 11) is 0. The standard InChI is InChI=1S/C25H29N3O3/c1-4-11-22(21-14-9-6-10-15-21)26-23(29)17-31-25(30)24-18(2)27-28(19(24)3)16-20-12-7-5-8-13-20/h5-10,12-15,22H,4,11,16-17H2,1-3H3,(H,26,29). The first-order chi connectivity index (χ1) is 15.0. The SMILES string of the molecule is CCCC(NC(=O)COC(=O)c1c(C)nn(Cc2ccccc2)c1C)c1ccccc1. The Hall–Kier alpha value is -3.41. The van der Waals surface area contributed by atoms with Crippen molar-refractivity contribution in [1.82, 2.24) is 15.1 Å². The molecule has 6 nitrogen and oxygen atoms in total. The molecule has 0 aliphatic rings. The Bertz CT molecular complexity index is 1010. The highest BCUT2D eigenvalue weighted by Crippen LogP contribution is 2.19. The molecular formula is C25H29N3O3. The number of hydrogen-bond donors (Lipinski definition) is 1. The van der Waals surface area contributed by atoms with Crippen molar-refractivity contribution < 1.29 is 14.3 Å². The molecule has 0 radical (unpaired) electrons. The maximum Gasteiger partial charge on any atom is 0.342 e. The minimum absolute atomic E-state index is 0.102. The van der Waals surface area contributed by atoms with Crippen LogP contribution in [0.25, 0.3) is 0 Å². The molecule has 2 aromatic carbocycles. The van der Waals surface area contributed by atoms with E-state index in [0.29, 0.717) is 17.8 Å². The fourth-order valence-corrected chi connectivity index (χ4v) is 3.64. The van der Waals surface area contributed by atoms with E-state index >= 15 is 0 Å². The average Bonchev–Trinajstić information content (AvgIpc) is 3.06. The first-order valence-corrected chi connectivity index (χ1v) is 10.6. The minimum atomic E-state index is -0.531. The maximum atomic E-state index is 12.7. The van der Waals surface area contributed by atoms with Crippen molar-refractivity contribution >= 4 is 11.9 Å². The number of aromatic nitrogens is 2. The highest BCUT2D eigenvalue weighted by atomic mass is 16.5. The molecule has 3 aromatic rings. The number of benzene rings is 2. The molecule has 1 aromatic heterocycles. The smallest absolute Gasteiger partial charge is 0.342 e. The van der Waals surface area contributed by atoms with Crippen LogP contribution in [0.5, 0.6) is 0 Å². The Labute approximate surface area is 183 Å². The predicted octanol–water partition coefficient (Wildman–Crippen LogP) is 4.36. The van der Waals surface area contributed by atoms with Crippen LogP contribution in [-0.2, 0) is 16.1 Å². The minimum Gasteiger partial charge on any atom is -0.452 e. The van der Waals surface area contributed by atoms with Gasteiger partial charge in [-0.1, -0.05) is 74.0 Å². The molecule has 31 heavy (non-hydrogen) atoms. The summed E-state index contributed by atoms with van der Waals surface area (Å²) in [5.74, 6) is -0.848. The number of esters is 1. The number of nitrogens with one attached hydrogen (secondary N) is 1. The van der Waals surface area contributed by atoms with Crippen LogP contribution in [-0.4, -0.2) is 28.3 Å². The third-order valence-corrected chi connectivity index (χ3v) is 5.21. The fraction of sp³-hybridized carbons (Fsp3) is 0.320. The van der Waals surface area contributed by atoms with Gasteiger partial charge in [-0.15, -0.1) is 0 Å². The zero-order valence-electron chi connectivity index (χ0n) is 18.3. The number of nitrogens with zero attached hydrogens (tertiary/aromatic N) is 2. The van der Waals surface area contributed by atoms with Crippen molar-refractivity contribution in [1.29, 1.82) is 0 Å². The summed E-state index contributed by atoms with van der Waals surface area (Å²) < 4.78 is 7.11. The van der Waals surface area contributed by atoms with E-state index in [2.05, 4.69) is 17.3 Å². The van der Waals surface area contributed by atoms with Crippen molar-refractivity contribution in [2.75, 3.05) is 6.61 Å². The molecule has 3 rings (SSSR count). The Morgan fingerprint density at radius 3 is 2.32 bits per heavy atom. The largest absolute Gasteiger partial charge is 0.452 e. The molecular weight excluding hydrogens is 390 g/mol. The van der Waals surface area contributed by atoms with E-state index in [1.165, 1.54) is 0 Å². The highest BCUT2D eigenvalue weighted by molar-refractivity contribution is 5.93. The first-order valence-electron chi connectivity index (χ1n) is 10.6. The molecule has 1 unspecified atom stereocenters. The Morgan fingerprint density at radius 2 is 1.68 bits per heavy atom. The van der Waals surface area contributed by atoms with Gasteiger partial charge in [-0.05, 0) is 31.4 Å². The van der Waals surface area contributed by atoms with Crippen LogP contribution in [0.4, 0.5) is 0 Å². The normalized spacial score (nSPS) is 11.7. The van der Waals surface area contributed by atoms with Gasteiger partial charge in [0.15, 0.2) is 6.61 Å². The summed E-state index contributed by atoms with van der Waals surface area (Å²) in [6.45, 7) is 5.93. The van der Waals surface area contributed by atoms with Crippen LogP contribution in [0.15, 0.2) is 60.7 Å². The first kappa shape index (κ1) is 22.3. The summed E-state index contributed by atoms with van der Waals surface area (Å²) in [4.78, 5) is 25.1. The number of carbonyl (C=O) groups excluding carboxylic acids is 2. The van der Waals surface area contributed by atoms with Crippen LogP contribution in [0, 0.1) is 13.8 Å². The van der Waals surface area contributed by atoms with Crippen LogP contribution in [0.2, 0.25) is 0 Å². The maximum absolute atomic E-state index is 12.7. The second-order valence-electron chi connectivity index (χ2n) is 7.58. The number of carbonyl (C=O) groups is 2. The molecule has 0 bridgehead atoms.